The van der Waals surface area contributed by atoms with Gasteiger partial charge in [-0.05, 0) is 25.0 Å². The van der Waals surface area contributed by atoms with Gasteiger partial charge in [0.25, 0.3) is 0 Å². The monoisotopic (exact) mass is 232 g/mol. The second-order valence-corrected chi connectivity index (χ2v) is 4.33. The molecule has 0 aromatic carbocycles. The molecule has 2 N–H and O–H groups in total. The Balaban J connectivity index is 1.74. The number of pyridine rings is 1. The smallest absolute Gasteiger partial charge is 0.142 e. The molecule has 0 amide bonds. The van der Waals surface area contributed by atoms with Crippen LogP contribution < -0.4 is 5.32 Å². The Bertz CT molecular complexity index is 519. The average molecular weight is 232 g/mol. The molecule has 17 heavy (non-hydrogen) atoms. The number of aromatic nitrogens is 3. The van der Waals surface area contributed by atoms with Gasteiger partial charge in [-0.15, -0.1) is 0 Å². The van der Waals surface area contributed by atoms with E-state index in [1.165, 1.54) is 25.1 Å². The third-order valence-electron chi connectivity index (χ3n) is 2.79. The van der Waals surface area contributed by atoms with E-state index < -0.39 is 0 Å². The van der Waals surface area contributed by atoms with Crippen molar-refractivity contribution in [3.63, 3.8) is 0 Å². The van der Waals surface area contributed by atoms with Gasteiger partial charge in [-0.2, -0.15) is 5.10 Å². The van der Waals surface area contributed by atoms with Gasteiger partial charge in [0.05, 0.1) is 11.9 Å². The van der Waals surface area contributed by atoms with Gasteiger partial charge < -0.3 is 5.32 Å². The van der Waals surface area contributed by atoms with Crippen LogP contribution in [0, 0.1) is 5.82 Å². The van der Waals surface area contributed by atoms with Crippen molar-refractivity contribution in [3.05, 3.63) is 36.0 Å². The van der Waals surface area contributed by atoms with Crippen LogP contribution >= 0.6 is 0 Å². The van der Waals surface area contributed by atoms with E-state index in [4.69, 9.17) is 0 Å². The summed E-state index contributed by atoms with van der Waals surface area (Å²) >= 11 is 0. The Morgan fingerprint density at radius 2 is 2.24 bits per heavy atom. The van der Waals surface area contributed by atoms with Crippen LogP contribution in [0.4, 0.5) is 4.39 Å². The third-order valence-corrected chi connectivity index (χ3v) is 2.79. The number of rotatable bonds is 4. The minimum absolute atomic E-state index is 0.344. The number of hydrogen-bond acceptors (Lipinski definition) is 3. The van der Waals surface area contributed by atoms with Crippen LogP contribution in [0.15, 0.2) is 24.5 Å². The molecule has 0 spiro atoms. The van der Waals surface area contributed by atoms with Gasteiger partial charge in [-0.1, -0.05) is 0 Å². The summed E-state index contributed by atoms with van der Waals surface area (Å²) in [6.07, 6.45) is 5.31. The zero-order chi connectivity index (χ0) is 11.7. The lowest BCUT2D eigenvalue weighted by atomic mass is 10.2. The van der Waals surface area contributed by atoms with Gasteiger partial charge in [-0.25, -0.2) is 4.39 Å². The van der Waals surface area contributed by atoms with Crippen LogP contribution in [0.2, 0.25) is 0 Å². The van der Waals surface area contributed by atoms with Crippen molar-refractivity contribution in [1.82, 2.24) is 20.5 Å². The zero-order valence-electron chi connectivity index (χ0n) is 9.28. The number of halogens is 1. The van der Waals surface area contributed by atoms with E-state index in [0.29, 0.717) is 11.6 Å². The first-order valence-electron chi connectivity index (χ1n) is 5.70. The summed E-state index contributed by atoms with van der Waals surface area (Å²) in [5.74, 6) is -0.344. The van der Waals surface area contributed by atoms with E-state index in [1.54, 1.807) is 6.20 Å². The SMILES string of the molecule is Fc1cncc(-c2cc(CNC3CC3)[nH]n2)c1. The average Bonchev–Trinajstić information content (AvgIpc) is 3.04. The van der Waals surface area contributed by atoms with Crippen LogP contribution in [0.5, 0.6) is 0 Å². The highest BCUT2D eigenvalue weighted by molar-refractivity contribution is 5.57. The molecule has 3 rings (SSSR count). The first-order chi connectivity index (χ1) is 8.31. The van der Waals surface area contributed by atoms with Crippen molar-refractivity contribution in [2.45, 2.75) is 25.4 Å². The summed E-state index contributed by atoms with van der Waals surface area (Å²) in [5, 5.41) is 10.5. The van der Waals surface area contributed by atoms with Gasteiger partial charge in [0.1, 0.15) is 5.82 Å². The van der Waals surface area contributed by atoms with Crippen LogP contribution in [0.1, 0.15) is 18.5 Å². The van der Waals surface area contributed by atoms with Gasteiger partial charge in [-0.3, -0.25) is 10.1 Å². The summed E-state index contributed by atoms with van der Waals surface area (Å²) < 4.78 is 13.0. The number of aromatic amines is 1. The van der Waals surface area contributed by atoms with Crippen LogP contribution in [-0.4, -0.2) is 21.2 Å². The second kappa shape index (κ2) is 4.25. The maximum atomic E-state index is 13.0. The zero-order valence-corrected chi connectivity index (χ0v) is 9.28. The molecule has 4 nitrogen and oxygen atoms in total. The molecule has 1 aliphatic carbocycles. The standard InChI is InChI=1S/C12H13FN4/c13-9-3-8(5-14-6-9)12-4-11(16-17-12)7-15-10-1-2-10/h3-6,10,15H,1-2,7H2,(H,16,17). The van der Waals surface area contributed by atoms with Crippen LogP contribution in [0.25, 0.3) is 11.3 Å². The lowest BCUT2D eigenvalue weighted by Crippen LogP contribution is -2.15. The molecule has 0 atom stereocenters. The molecular formula is C12H13FN4. The molecule has 2 heterocycles. The molecule has 1 saturated carbocycles. The maximum Gasteiger partial charge on any atom is 0.142 e. The Morgan fingerprint density at radius 3 is 3.00 bits per heavy atom. The highest BCUT2D eigenvalue weighted by Crippen LogP contribution is 2.20. The fraction of sp³-hybridized carbons (Fsp3) is 0.333. The summed E-state index contributed by atoms with van der Waals surface area (Å²) in [7, 11) is 0. The first-order valence-corrected chi connectivity index (χ1v) is 5.70. The minimum atomic E-state index is -0.344. The molecule has 0 unspecified atom stereocenters. The van der Waals surface area contributed by atoms with E-state index >= 15 is 0 Å². The largest absolute Gasteiger partial charge is 0.308 e. The van der Waals surface area contributed by atoms with Crippen LogP contribution in [-0.2, 0) is 6.54 Å². The summed E-state index contributed by atoms with van der Waals surface area (Å²) in [6, 6.07) is 4.02. The van der Waals surface area contributed by atoms with E-state index in [1.807, 2.05) is 6.07 Å². The fourth-order valence-electron chi connectivity index (χ4n) is 1.69. The third kappa shape index (κ3) is 2.50. The number of nitrogens with one attached hydrogen (secondary N) is 2. The minimum Gasteiger partial charge on any atom is -0.308 e. The topological polar surface area (TPSA) is 53.6 Å². The lowest BCUT2D eigenvalue weighted by Gasteiger charge is -1.97. The van der Waals surface area contributed by atoms with Gasteiger partial charge in [0, 0.05) is 30.0 Å². The molecule has 0 radical (unpaired) electrons. The molecule has 0 saturated heterocycles. The Hall–Kier alpha value is -1.75. The van der Waals surface area contributed by atoms with E-state index in [-0.39, 0.29) is 5.82 Å². The van der Waals surface area contributed by atoms with E-state index in [2.05, 4.69) is 20.5 Å². The molecular weight excluding hydrogens is 219 g/mol. The predicted octanol–water partition coefficient (Wildman–Crippen LogP) is 1.86. The van der Waals surface area contributed by atoms with E-state index in [9.17, 15) is 4.39 Å². The van der Waals surface area contributed by atoms with Crippen LogP contribution in [0.3, 0.4) is 0 Å². The Labute approximate surface area is 98.3 Å². The first kappa shape index (κ1) is 10.4. The summed E-state index contributed by atoms with van der Waals surface area (Å²) in [6.45, 7) is 0.778. The number of hydrogen-bond donors (Lipinski definition) is 2. The highest BCUT2D eigenvalue weighted by Gasteiger charge is 2.20. The quantitative estimate of drug-likeness (QED) is 0.846. The van der Waals surface area contributed by atoms with Gasteiger partial charge in [0.15, 0.2) is 0 Å². The van der Waals surface area contributed by atoms with Crippen molar-refractivity contribution >= 4 is 0 Å². The summed E-state index contributed by atoms with van der Waals surface area (Å²) in [4.78, 5) is 3.81. The van der Waals surface area contributed by atoms with Crippen molar-refractivity contribution in [2.75, 3.05) is 0 Å². The predicted molar refractivity (Wildman–Crippen MR) is 61.6 cm³/mol. The Morgan fingerprint density at radius 1 is 1.35 bits per heavy atom. The molecule has 0 bridgehead atoms. The maximum absolute atomic E-state index is 13.0. The van der Waals surface area contributed by atoms with Crippen molar-refractivity contribution < 1.29 is 4.39 Å². The molecule has 5 heteroatoms. The molecule has 2 aromatic rings. The molecule has 0 aliphatic heterocycles. The second-order valence-electron chi connectivity index (χ2n) is 4.33. The number of nitrogens with zero attached hydrogens (tertiary/aromatic N) is 2. The number of H-pyrrole nitrogens is 1. The molecule has 2 aromatic heterocycles. The fourth-order valence-corrected chi connectivity index (χ4v) is 1.69. The lowest BCUT2D eigenvalue weighted by molar-refractivity contribution is 0.622. The van der Waals surface area contributed by atoms with Crippen molar-refractivity contribution in [3.8, 4) is 11.3 Å². The molecule has 1 fully saturated rings. The Kier molecular flexibility index (Phi) is 2.60. The van der Waals surface area contributed by atoms with Gasteiger partial charge >= 0.3 is 0 Å². The normalized spacial score (nSPS) is 15.1. The van der Waals surface area contributed by atoms with Gasteiger partial charge in [0.2, 0.25) is 0 Å². The van der Waals surface area contributed by atoms with Crippen molar-refractivity contribution in [2.24, 2.45) is 0 Å². The molecule has 88 valence electrons. The molecule has 1 aliphatic rings. The highest BCUT2D eigenvalue weighted by atomic mass is 19.1. The van der Waals surface area contributed by atoms with Crippen molar-refractivity contribution in [1.29, 1.82) is 0 Å². The summed E-state index contributed by atoms with van der Waals surface area (Å²) in [5.41, 5.74) is 2.43. The van der Waals surface area contributed by atoms with E-state index in [0.717, 1.165) is 17.9 Å².